The minimum absolute atomic E-state index is 0.0357. The summed E-state index contributed by atoms with van der Waals surface area (Å²) in [6.45, 7) is 2.66. The van der Waals surface area contributed by atoms with E-state index >= 15 is 0 Å². The molecule has 0 aliphatic carbocycles. The van der Waals surface area contributed by atoms with Gasteiger partial charge in [-0.05, 0) is 12.5 Å². The lowest BCUT2D eigenvalue weighted by atomic mass is 10.2. The van der Waals surface area contributed by atoms with Crippen molar-refractivity contribution in [3.63, 3.8) is 0 Å². The number of nitrogens with zero attached hydrogens (tertiary/aromatic N) is 4. The van der Waals surface area contributed by atoms with Gasteiger partial charge < -0.3 is 10.2 Å². The molecule has 1 aromatic carbocycles. The number of aromatic nitrogens is 2. The smallest absolute Gasteiger partial charge is 0.333 e. The molecule has 0 saturated carbocycles. The van der Waals surface area contributed by atoms with E-state index in [1.807, 2.05) is 30.3 Å². The molecule has 0 unspecified atom stereocenters. The first-order valence-electron chi connectivity index (χ1n) is 7.72. The van der Waals surface area contributed by atoms with E-state index in [-0.39, 0.29) is 17.6 Å². The molecule has 1 fully saturated rings. The fourth-order valence-electron chi connectivity index (χ4n) is 3.05. The average Bonchev–Trinajstić information content (AvgIpc) is 3.00. The number of amides is 1. The van der Waals surface area contributed by atoms with Crippen molar-refractivity contribution in [2.24, 2.45) is 7.05 Å². The first-order valence-corrected chi connectivity index (χ1v) is 7.72. The molecule has 1 aliphatic heterocycles. The van der Waals surface area contributed by atoms with Crippen LogP contribution in [0.1, 0.15) is 17.7 Å². The van der Waals surface area contributed by atoms with E-state index in [0.29, 0.717) is 31.0 Å². The van der Waals surface area contributed by atoms with Gasteiger partial charge in [-0.3, -0.25) is 14.9 Å². The van der Waals surface area contributed by atoms with Gasteiger partial charge in [0.05, 0.1) is 11.0 Å². The topological polar surface area (TPSA) is 93.3 Å². The maximum atomic E-state index is 12.2. The third-order valence-corrected chi connectivity index (χ3v) is 4.14. The zero-order chi connectivity index (χ0) is 17.3. The van der Waals surface area contributed by atoms with Gasteiger partial charge in [-0.2, -0.15) is 5.10 Å². The van der Waals surface area contributed by atoms with Gasteiger partial charge in [-0.15, -0.1) is 0 Å². The van der Waals surface area contributed by atoms with Crippen LogP contribution in [0.2, 0.25) is 0 Å². The molecule has 1 aliphatic rings. The Balaban J connectivity index is 1.72. The molecule has 0 spiro atoms. The number of hydrogen-bond acceptors (Lipinski definition) is 5. The van der Waals surface area contributed by atoms with Crippen LogP contribution in [-0.4, -0.2) is 38.1 Å². The average molecular weight is 329 g/mol. The number of aryl methyl sites for hydroxylation is 2. The first kappa shape index (κ1) is 16.0. The molecule has 0 bridgehead atoms. The molecule has 1 amide bonds. The molecule has 0 radical (unpaired) electrons. The minimum Gasteiger partial charge on any atom is -0.359 e. The van der Waals surface area contributed by atoms with E-state index < -0.39 is 4.92 Å². The Morgan fingerprint density at radius 2 is 2.08 bits per heavy atom. The van der Waals surface area contributed by atoms with Gasteiger partial charge in [-0.25, -0.2) is 4.68 Å². The standard InChI is InChI=1S/C16H19N5O3/c1-11-15(21(23)24)16(19(2)18-11)17-13-8-14(22)20(10-13)9-12-6-4-3-5-7-12/h3-7,13,17H,8-10H2,1-2H3/t13-/m1/s1. The van der Waals surface area contributed by atoms with Crippen molar-refractivity contribution in [2.45, 2.75) is 25.9 Å². The second-order valence-corrected chi connectivity index (χ2v) is 5.97. The molecule has 8 nitrogen and oxygen atoms in total. The summed E-state index contributed by atoms with van der Waals surface area (Å²) in [4.78, 5) is 24.8. The molecule has 1 saturated heterocycles. The third-order valence-electron chi connectivity index (χ3n) is 4.14. The molecule has 1 atom stereocenters. The van der Waals surface area contributed by atoms with Crippen LogP contribution >= 0.6 is 0 Å². The molecule has 8 heteroatoms. The number of benzene rings is 1. The molecule has 2 heterocycles. The molecular weight excluding hydrogens is 310 g/mol. The van der Waals surface area contributed by atoms with Crippen molar-refractivity contribution in [3.8, 4) is 0 Å². The summed E-state index contributed by atoms with van der Waals surface area (Å²) in [5, 5.41) is 18.5. The maximum Gasteiger partial charge on any atom is 0.333 e. The SMILES string of the molecule is Cc1nn(C)c(N[C@@H]2CC(=O)N(Cc3ccccc3)C2)c1[N+](=O)[O-]. The molecule has 126 valence electrons. The minimum atomic E-state index is -0.441. The summed E-state index contributed by atoms with van der Waals surface area (Å²) >= 11 is 0. The zero-order valence-corrected chi connectivity index (χ0v) is 13.6. The lowest BCUT2D eigenvalue weighted by Crippen LogP contribution is -2.28. The summed E-state index contributed by atoms with van der Waals surface area (Å²) < 4.78 is 1.46. The largest absolute Gasteiger partial charge is 0.359 e. The van der Waals surface area contributed by atoms with Crippen molar-refractivity contribution < 1.29 is 9.72 Å². The highest BCUT2D eigenvalue weighted by molar-refractivity contribution is 5.80. The van der Waals surface area contributed by atoms with E-state index in [1.165, 1.54) is 4.68 Å². The predicted molar refractivity (Wildman–Crippen MR) is 88.5 cm³/mol. The van der Waals surface area contributed by atoms with Gasteiger partial charge in [-0.1, -0.05) is 30.3 Å². The molecule has 24 heavy (non-hydrogen) atoms. The van der Waals surface area contributed by atoms with E-state index in [4.69, 9.17) is 0 Å². The first-order chi connectivity index (χ1) is 11.5. The van der Waals surface area contributed by atoms with Crippen LogP contribution < -0.4 is 5.32 Å². The quantitative estimate of drug-likeness (QED) is 0.667. The van der Waals surface area contributed by atoms with Gasteiger partial charge in [0.2, 0.25) is 11.7 Å². The van der Waals surface area contributed by atoms with E-state index in [2.05, 4.69) is 10.4 Å². The number of rotatable bonds is 5. The normalized spacial score (nSPS) is 17.3. The Morgan fingerprint density at radius 3 is 2.75 bits per heavy atom. The Bertz CT molecular complexity index is 772. The summed E-state index contributed by atoms with van der Waals surface area (Å²) in [6, 6.07) is 9.59. The van der Waals surface area contributed by atoms with Crippen molar-refractivity contribution in [2.75, 3.05) is 11.9 Å². The van der Waals surface area contributed by atoms with Crippen LogP contribution in [0.15, 0.2) is 30.3 Å². The fraction of sp³-hybridized carbons (Fsp3) is 0.375. The van der Waals surface area contributed by atoms with Crippen LogP contribution in [0, 0.1) is 17.0 Å². The lowest BCUT2D eigenvalue weighted by molar-refractivity contribution is -0.384. The summed E-state index contributed by atoms with van der Waals surface area (Å²) in [7, 11) is 1.65. The van der Waals surface area contributed by atoms with Crippen LogP contribution in [0.5, 0.6) is 0 Å². The number of likely N-dealkylation sites (tertiary alicyclic amines) is 1. The molecule has 2 aromatic rings. The van der Waals surface area contributed by atoms with E-state index in [9.17, 15) is 14.9 Å². The van der Waals surface area contributed by atoms with E-state index in [1.54, 1.807) is 18.9 Å². The summed E-state index contributed by atoms with van der Waals surface area (Å²) in [5.41, 5.74) is 1.38. The van der Waals surface area contributed by atoms with Gasteiger partial charge in [0.15, 0.2) is 0 Å². The van der Waals surface area contributed by atoms with Gasteiger partial charge in [0.1, 0.15) is 5.69 Å². The Morgan fingerprint density at radius 1 is 1.38 bits per heavy atom. The Kier molecular flexibility index (Phi) is 4.20. The van der Waals surface area contributed by atoms with Gasteiger partial charge in [0, 0.05) is 26.6 Å². The Hall–Kier alpha value is -2.90. The molecular formula is C16H19N5O3. The molecule has 3 rings (SSSR count). The molecule has 1 N–H and O–H groups in total. The number of nitrogens with one attached hydrogen (secondary N) is 1. The van der Waals surface area contributed by atoms with Crippen molar-refractivity contribution in [1.82, 2.24) is 14.7 Å². The monoisotopic (exact) mass is 329 g/mol. The Labute approximate surface area is 139 Å². The van der Waals surface area contributed by atoms with Crippen molar-refractivity contribution in [3.05, 3.63) is 51.7 Å². The summed E-state index contributed by atoms with van der Waals surface area (Å²) in [6.07, 6.45) is 0.314. The highest BCUT2D eigenvalue weighted by Crippen LogP contribution is 2.29. The number of carbonyl (C=O) groups is 1. The predicted octanol–water partition coefficient (Wildman–Crippen LogP) is 1.85. The van der Waals surface area contributed by atoms with E-state index in [0.717, 1.165) is 5.56 Å². The van der Waals surface area contributed by atoms with Crippen LogP contribution in [0.3, 0.4) is 0 Å². The number of nitro groups is 1. The highest BCUT2D eigenvalue weighted by atomic mass is 16.6. The second-order valence-electron chi connectivity index (χ2n) is 5.97. The lowest BCUT2D eigenvalue weighted by Gasteiger charge is -2.17. The zero-order valence-electron chi connectivity index (χ0n) is 13.6. The van der Waals surface area contributed by atoms with Crippen molar-refractivity contribution >= 4 is 17.4 Å². The van der Waals surface area contributed by atoms with Crippen LogP contribution in [0.25, 0.3) is 0 Å². The number of anilines is 1. The molecule has 1 aromatic heterocycles. The van der Waals surface area contributed by atoms with Crippen molar-refractivity contribution in [1.29, 1.82) is 0 Å². The summed E-state index contributed by atoms with van der Waals surface area (Å²) in [5.74, 6) is 0.384. The second kappa shape index (κ2) is 6.31. The van der Waals surface area contributed by atoms with Gasteiger partial charge >= 0.3 is 5.69 Å². The fourth-order valence-corrected chi connectivity index (χ4v) is 3.05. The van der Waals surface area contributed by atoms with Crippen LogP contribution in [0.4, 0.5) is 11.5 Å². The van der Waals surface area contributed by atoms with Crippen LogP contribution in [-0.2, 0) is 18.4 Å². The maximum absolute atomic E-state index is 12.2. The van der Waals surface area contributed by atoms with Gasteiger partial charge in [0.25, 0.3) is 0 Å². The number of carbonyl (C=O) groups excluding carboxylic acids is 1. The highest BCUT2D eigenvalue weighted by Gasteiger charge is 2.33. The number of hydrogen-bond donors (Lipinski definition) is 1. The third kappa shape index (κ3) is 3.08.